The van der Waals surface area contributed by atoms with Gasteiger partial charge in [0.05, 0.1) is 39.4 Å². The van der Waals surface area contributed by atoms with Crippen LogP contribution in [0.15, 0.2) is 42.5 Å². The third kappa shape index (κ3) is 4.66. The van der Waals surface area contributed by atoms with Crippen LogP contribution in [0.3, 0.4) is 0 Å². The fraction of sp³-hybridized carbons (Fsp3) is 0.263. The van der Waals surface area contributed by atoms with Gasteiger partial charge in [0.15, 0.2) is 0 Å². The fourth-order valence-corrected chi connectivity index (χ4v) is 2.49. The number of hydrogen-bond donors (Lipinski definition) is 2. The quantitative estimate of drug-likeness (QED) is 0.753. The summed E-state index contributed by atoms with van der Waals surface area (Å²) in [5, 5.41) is 11.9. The molecule has 0 heterocycles. The van der Waals surface area contributed by atoms with Crippen molar-refractivity contribution >= 4 is 11.9 Å². The van der Waals surface area contributed by atoms with Gasteiger partial charge in [-0.25, -0.2) is 0 Å². The average Bonchev–Trinajstić information content (AvgIpc) is 2.66. The number of carboxylic acid groups (broad SMARTS) is 1. The number of aliphatic carboxylic acids is 1. The Labute approximate surface area is 151 Å². The molecule has 7 heteroatoms. The summed E-state index contributed by atoms with van der Waals surface area (Å²) in [7, 11) is 4.51. The second-order valence-electron chi connectivity index (χ2n) is 5.46. The van der Waals surface area contributed by atoms with Crippen LogP contribution in [-0.4, -0.2) is 38.3 Å². The molecule has 2 aromatic carbocycles. The Balaban J connectivity index is 2.27. The van der Waals surface area contributed by atoms with E-state index in [0.29, 0.717) is 22.8 Å². The fourth-order valence-electron chi connectivity index (χ4n) is 2.49. The SMILES string of the molecule is COc1ccc([C@H](CC(=O)O)NC(=O)c2ccc(OC)cc2OC)cc1. The van der Waals surface area contributed by atoms with Gasteiger partial charge in [-0.1, -0.05) is 12.1 Å². The first-order valence-corrected chi connectivity index (χ1v) is 7.87. The molecule has 0 saturated carbocycles. The van der Waals surface area contributed by atoms with E-state index < -0.39 is 17.9 Å². The van der Waals surface area contributed by atoms with Crippen molar-refractivity contribution in [1.29, 1.82) is 0 Å². The minimum Gasteiger partial charge on any atom is -0.497 e. The van der Waals surface area contributed by atoms with E-state index in [-0.39, 0.29) is 12.0 Å². The highest BCUT2D eigenvalue weighted by molar-refractivity contribution is 5.97. The lowest BCUT2D eigenvalue weighted by atomic mass is 10.0. The van der Waals surface area contributed by atoms with Crippen molar-refractivity contribution < 1.29 is 28.9 Å². The molecule has 0 spiro atoms. The highest BCUT2D eigenvalue weighted by atomic mass is 16.5. The van der Waals surface area contributed by atoms with Gasteiger partial charge in [-0.05, 0) is 29.8 Å². The molecule has 0 saturated heterocycles. The second kappa shape index (κ2) is 8.75. The summed E-state index contributed by atoms with van der Waals surface area (Å²) in [5.41, 5.74) is 0.950. The van der Waals surface area contributed by atoms with Crippen LogP contribution < -0.4 is 19.5 Å². The molecule has 1 atom stereocenters. The third-order valence-corrected chi connectivity index (χ3v) is 3.86. The summed E-state index contributed by atoms with van der Waals surface area (Å²) in [5.74, 6) is 0.0756. The van der Waals surface area contributed by atoms with Gasteiger partial charge in [-0.2, -0.15) is 0 Å². The predicted octanol–water partition coefficient (Wildman–Crippen LogP) is 2.66. The maximum Gasteiger partial charge on any atom is 0.305 e. The molecule has 138 valence electrons. The number of hydrogen-bond acceptors (Lipinski definition) is 5. The van der Waals surface area contributed by atoms with Gasteiger partial charge < -0.3 is 24.6 Å². The van der Waals surface area contributed by atoms with E-state index in [9.17, 15) is 14.7 Å². The van der Waals surface area contributed by atoms with E-state index in [0.717, 1.165) is 0 Å². The van der Waals surface area contributed by atoms with Gasteiger partial charge in [0.2, 0.25) is 0 Å². The topological polar surface area (TPSA) is 94.1 Å². The number of rotatable bonds is 8. The first kappa shape index (κ1) is 19.1. The maximum absolute atomic E-state index is 12.7. The van der Waals surface area contributed by atoms with Crippen LogP contribution in [0.1, 0.15) is 28.4 Å². The summed E-state index contributed by atoms with van der Waals surface area (Å²) < 4.78 is 15.4. The number of amides is 1. The van der Waals surface area contributed by atoms with Gasteiger partial charge in [0, 0.05) is 6.07 Å². The van der Waals surface area contributed by atoms with Crippen LogP contribution in [0.25, 0.3) is 0 Å². The zero-order chi connectivity index (χ0) is 19.1. The van der Waals surface area contributed by atoms with Crippen molar-refractivity contribution in [3.05, 3.63) is 53.6 Å². The molecule has 7 nitrogen and oxygen atoms in total. The number of carboxylic acids is 1. The van der Waals surface area contributed by atoms with Crippen molar-refractivity contribution in [2.24, 2.45) is 0 Å². The molecular formula is C19H21NO6. The molecular weight excluding hydrogens is 338 g/mol. The molecule has 26 heavy (non-hydrogen) atoms. The monoisotopic (exact) mass is 359 g/mol. The molecule has 2 N–H and O–H groups in total. The van der Waals surface area contributed by atoms with Crippen LogP contribution in [0, 0.1) is 0 Å². The third-order valence-electron chi connectivity index (χ3n) is 3.86. The number of methoxy groups -OCH3 is 3. The molecule has 0 fully saturated rings. The Morgan fingerprint density at radius 1 is 0.962 bits per heavy atom. The van der Waals surface area contributed by atoms with Crippen molar-refractivity contribution in [2.75, 3.05) is 21.3 Å². The minimum absolute atomic E-state index is 0.253. The standard InChI is InChI=1S/C19H21NO6/c1-24-13-6-4-12(5-7-13)16(11-18(21)22)20-19(23)15-9-8-14(25-2)10-17(15)26-3/h4-10,16H,11H2,1-3H3,(H,20,23)(H,21,22)/t16-/m0/s1. The van der Waals surface area contributed by atoms with Crippen molar-refractivity contribution in [2.45, 2.75) is 12.5 Å². The average molecular weight is 359 g/mol. The summed E-state index contributed by atoms with van der Waals surface area (Å²) in [4.78, 5) is 23.9. The lowest BCUT2D eigenvalue weighted by Gasteiger charge is -2.19. The smallest absolute Gasteiger partial charge is 0.305 e. The van der Waals surface area contributed by atoms with Crippen molar-refractivity contribution in [3.8, 4) is 17.2 Å². The minimum atomic E-state index is -1.02. The normalized spacial score (nSPS) is 11.3. The Hall–Kier alpha value is -3.22. The van der Waals surface area contributed by atoms with Gasteiger partial charge in [0.1, 0.15) is 17.2 Å². The van der Waals surface area contributed by atoms with Gasteiger partial charge in [-0.3, -0.25) is 9.59 Å². The van der Waals surface area contributed by atoms with Crippen molar-refractivity contribution in [3.63, 3.8) is 0 Å². The first-order chi connectivity index (χ1) is 12.5. The highest BCUT2D eigenvalue weighted by Crippen LogP contribution is 2.26. The molecule has 0 aromatic heterocycles. The van der Waals surface area contributed by atoms with Crippen LogP contribution in [0.4, 0.5) is 0 Å². The van der Waals surface area contributed by atoms with Crippen LogP contribution in [-0.2, 0) is 4.79 Å². The predicted molar refractivity (Wildman–Crippen MR) is 95.0 cm³/mol. The Kier molecular flexibility index (Phi) is 6.43. The molecule has 1 amide bonds. The first-order valence-electron chi connectivity index (χ1n) is 7.87. The van der Waals surface area contributed by atoms with Gasteiger partial charge >= 0.3 is 5.97 Å². The zero-order valence-electron chi connectivity index (χ0n) is 14.8. The lowest BCUT2D eigenvalue weighted by molar-refractivity contribution is -0.137. The second-order valence-corrected chi connectivity index (χ2v) is 5.46. The molecule has 0 aliphatic heterocycles. The summed E-state index contributed by atoms with van der Waals surface area (Å²) >= 11 is 0. The molecule has 0 radical (unpaired) electrons. The Bertz CT molecular complexity index is 772. The van der Waals surface area contributed by atoms with Gasteiger partial charge in [-0.15, -0.1) is 0 Å². The number of nitrogens with one attached hydrogen (secondary N) is 1. The summed E-state index contributed by atoms with van der Waals surface area (Å²) in [6, 6.07) is 11.0. The summed E-state index contributed by atoms with van der Waals surface area (Å²) in [6.45, 7) is 0. The maximum atomic E-state index is 12.7. The molecule has 2 rings (SSSR count). The van der Waals surface area contributed by atoms with E-state index in [1.165, 1.54) is 14.2 Å². The van der Waals surface area contributed by atoms with Crippen molar-refractivity contribution in [1.82, 2.24) is 5.32 Å². The zero-order valence-corrected chi connectivity index (χ0v) is 14.8. The number of ether oxygens (including phenoxy) is 3. The van der Waals surface area contributed by atoms with Crippen LogP contribution in [0.5, 0.6) is 17.2 Å². The lowest BCUT2D eigenvalue weighted by Crippen LogP contribution is -2.30. The van der Waals surface area contributed by atoms with Crippen LogP contribution in [0.2, 0.25) is 0 Å². The van der Waals surface area contributed by atoms with Crippen LogP contribution >= 0.6 is 0 Å². The van der Waals surface area contributed by atoms with E-state index in [4.69, 9.17) is 14.2 Å². The Morgan fingerprint density at radius 2 is 1.58 bits per heavy atom. The molecule has 2 aromatic rings. The number of carbonyl (C=O) groups is 2. The number of benzene rings is 2. The van der Waals surface area contributed by atoms with Gasteiger partial charge in [0.25, 0.3) is 5.91 Å². The van der Waals surface area contributed by atoms with E-state index in [1.807, 2.05) is 0 Å². The molecule has 0 unspecified atom stereocenters. The molecule has 0 bridgehead atoms. The van der Waals surface area contributed by atoms with E-state index >= 15 is 0 Å². The Morgan fingerprint density at radius 3 is 2.12 bits per heavy atom. The highest BCUT2D eigenvalue weighted by Gasteiger charge is 2.21. The number of carbonyl (C=O) groups excluding carboxylic acids is 1. The molecule has 0 aliphatic rings. The molecule has 0 aliphatic carbocycles. The van der Waals surface area contributed by atoms with E-state index in [1.54, 1.807) is 49.6 Å². The summed E-state index contributed by atoms with van der Waals surface area (Å²) in [6.07, 6.45) is -0.253. The largest absolute Gasteiger partial charge is 0.497 e. The van der Waals surface area contributed by atoms with E-state index in [2.05, 4.69) is 5.32 Å².